The molecule has 180 valence electrons. The Balaban J connectivity index is 1.44. The Kier molecular flexibility index (Phi) is 6.97. The molecule has 2 aliphatic heterocycles. The van der Waals surface area contributed by atoms with Crippen LogP contribution in [0.15, 0.2) is 42.5 Å². The van der Waals surface area contributed by atoms with Gasteiger partial charge in [-0.15, -0.1) is 0 Å². The number of nitrogens with one attached hydrogen (secondary N) is 1. The third-order valence-corrected chi connectivity index (χ3v) is 6.58. The number of ether oxygens (including phenoxy) is 3. The van der Waals surface area contributed by atoms with Crippen LogP contribution in [-0.4, -0.2) is 74.5 Å². The van der Waals surface area contributed by atoms with Crippen molar-refractivity contribution in [3.8, 4) is 11.5 Å². The third-order valence-electron chi connectivity index (χ3n) is 6.58. The minimum absolute atomic E-state index is 0.307. The van der Waals surface area contributed by atoms with Crippen LogP contribution in [0.3, 0.4) is 0 Å². The number of fused-ring (bicyclic) bond motifs is 1. The number of nitrogens with zero attached hydrogens (tertiary/aromatic N) is 4. The number of morpholine rings is 1. The average molecular weight is 464 g/mol. The van der Waals surface area contributed by atoms with Gasteiger partial charge in [0.2, 0.25) is 5.95 Å². The van der Waals surface area contributed by atoms with Crippen LogP contribution >= 0.6 is 0 Å². The number of benzene rings is 2. The Bertz CT molecular complexity index is 1100. The van der Waals surface area contributed by atoms with Gasteiger partial charge in [0.25, 0.3) is 0 Å². The van der Waals surface area contributed by atoms with E-state index in [4.69, 9.17) is 24.2 Å². The Labute approximate surface area is 200 Å². The first-order valence-electron chi connectivity index (χ1n) is 12.0. The van der Waals surface area contributed by atoms with Crippen molar-refractivity contribution >= 4 is 22.7 Å². The summed E-state index contributed by atoms with van der Waals surface area (Å²) < 4.78 is 16.7. The van der Waals surface area contributed by atoms with Crippen LogP contribution < -0.4 is 19.7 Å². The third kappa shape index (κ3) is 5.03. The van der Waals surface area contributed by atoms with Gasteiger partial charge in [0.15, 0.2) is 11.5 Å². The van der Waals surface area contributed by atoms with E-state index in [1.54, 1.807) is 14.2 Å². The van der Waals surface area contributed by atoms with E-state index in [1.807, 2.05) is 12.1 Å². The molecule has 8 nitrogen and oxygen atoms in total. The fourth-order valence-electron chi connectivity index (χ4n) is 4.81. The van der Waals surface area contributed by atoms with Crippen LogP contribution in [0.4, 0.5) is 11.8 Å². The second kappa shape index (κ2) is 10.4. The van der Waals surface area contributed by atoms with E-state index in [9.17, 15) is 0 Å². The number of anilines is 2. The lowest BCUT2D eigenvalue weighted by molar-refractivity contribution is 0.122. The molecule has 5 rings (SSSR count). The van der Waals surface area contributed by atoms with Crippen molar-refractivity contribution in [1.29, 1.82) is 0 Å². The largest absolute Gasteiger partial charge is 0.493 e. The van der Waals surface area contributed by atoms with Crippen molar-refractivity contribution in [2.24, 2.45) is 0 Å². The quantitative estimate of drug-likeness (QED) is 0.570. The fraction of sp³-hybridized carbons (Fsp3) is 0.462. The number of hydrogen-bond acceptors (Lipinski definition) is 8. The van der Waals surface area contributed by atoms with Crippen molar-refractivity contribution < 1.29 is 14.2 Å². The molecule has 34 heavy (non-hydrogen) atoms. The van der Waals surface area contributed by atoms with Gasteiger partial charge in [0.1, 0.15) is 5.82 Å². The molecule has 0 aliphatic carbocycles. The summed E-state index contributed by atoms with van der Waals surface area (Å²) in [5, 5.41) is 4.70. The Morgan fingerprint density at radius 2 is 1.76 bits per heavy atom. The molecule has 0 radical (unpaired) electrons. The molecule has 2 aliphatic rings. The average Bonchev–Trinajstić information content (AvgIpc) is 2.89. The second-order valence-electron chi connectivity index (χ2n) is 8.90. The van der Waals surface area contributed by atoms with Gasteiger partial charge in [0, 0.05) is 43.7 Å². The number of likely N-dealkylation sites (tertiary alicyclic amines) is 1. The molecule has 2 fully saturated rings. The lowest BCUT2D eigenvalue weighted by Crippen LogP contribution is -2.42. The van der Waals surface area contributed by atoms with E-state index >= 15 is 0 Å². The van der Waals surface area contributed by atoms with Gasteiger partial charge in [0.05, 0.1) is 33.0 Å². The minimum Gasteiger partial charge on any atom is -0.493 e. The van der Waals surface area contributed by atoms with E-state index in [0.29, 0.717) is 30.8 Å². The molecule has 3 aromatic rings. The highest BCUT2D eigenvalue weighted by molar-refractivity contribution is 5.93. The highest BCUT2D eigenvalue weighted by Crippen LogP contribution is 2.35. The highest BCUT2D eigenvalue weighted by Gasteiger charge is 2.23. The highest BCUT2D eigenvalue weighted by atomic mass is 16.5. The lowest BCUT2D eigenvalue weighted by atomic mass is 10.0. The van der Waals surface area contributed by atoms with Crippen LogP contribution in [0.25, 0.3) is 10.9 Å². The standard InChI is InChI=1S/C26H33N5O3/c1-32-23-15-21-22(16-24(23)33-2)28-26(31-11-13-34-14-12-31)29-25(21)27-20-9-6-10-30(18-20)17-19-7-4-3-5-8-19/h3-5,7-8,15-16,20H,6,9-14,17-18H2,1-2H3,(H,27,28,29). The Morgan fingerprint density at radius 1 is 1.00 bits per heavy atom. The van der Waals surface area contributed by atoms with Gasteiger partial charge in [-0.05, 0) is 31.0 Å². The smallest absolute Gasteiger partial charge is 0.228 e. The van der Waals surface area contributed by atoms with Crippen LogP contribution in [0.5, 0.6) is 11.5 Å². The number of piperidine rings is 1. The molecule has 8 heteroatoms. The van der Waals surface area contributed by atoms with Crippen LogP contribution in [0.2, 0.25) is 0 Å². The minimum atomic E-state index is 0.307. The zero-order valence-corrected chi connectivity index (χ0v) is 20.0. The summed E-state index contributed by atoms with van der Waals surface area (Å²) in [6, 6.07) is 14.9. The molecule has 2 aromatic carbocycles. The van der Waals surface area contributed by atoms with E-state index in [2.05, 4.69) is 45.4 Å². The van der Waals surface area contributed by atoms with Gasteiger partial charge in [-0.25, -0.2) is 4.98 Å². The van der Waals surface area contributed by atoms with Gasteiger partial charge < -0.3 is 24.4 Å². The maximum absolute atomic E-state index is 5.58. The van der Waals surface area contributed by atoms with Crippen molar-refractivity contribution in [3.63, 3.8) is 0 Å². The molecule has 2 saturated heterocycles. The zero-order chi connectivity index (χ0) is 23.3. The number of aromatic nitrogens is 2. The number of rotatable bonds is 7. The van der Waals surface area contributed by atoms with E-state index in [-0.39, 0.29) is 0 Å². The summed E-state index contributed by atoms with van der Waals surface area (Å²) in [7, 11) is 3.30. The molecule has 3 heterocycles. The fourth-order valence-corrected chi connectivity index (χ4v) is 4.81. The first kappa shape index (κ1) is 22.7. The van der Waals surface area contributed by atoms with Crippen LogP contribution in [0.1, 0.15) is 18.4 Å². The molecule has 0 spiro atoms. The first-order valence-corrected chi connectivity index (χ1v) is 12.0. The first-order chi connectivity index (χ1) is 16.7. The van der Waals surface area contributed by atoms with Crippen molar-refractivity contribution in [1.82, 2.24) is 14.9 Å². The van der Waals surface area contributed by atoms with E-state index in [1.165, 1.54) is 5.56 Å². The van der Waals surface area contributed by atoms with Crippen LogP contribution in [-0.2, 0) is 11.3 Å². The van der Waals surface area contributed by atoms with E-state index in [0.717, 1.165) is 68.2 Å². The van der Waals surface area contributed by atoms with E-state index < -0.39 is 0 Å². The summed E-state index contributed by atoms with van der Waals surface area (Å²) in [5.74, 6) is 2.91. The molecule has 1 unspecified atom stereocenters. The molecule has 1 N–H and O–H groups in total. The summed E-state index contributed by atoms with van der Waals surface area (Å²) in [6.07, 6.45) is 2.26. The molecule has 1 atom stereocenters. The Morgan fingerprint density at radius 3 is 2.53 bits per heavy atom. The summed E-state index contributed by atoms with van der Waals surface area (Å²) >= 11 is 0. The lowest BCUT2D eigenvalue weighted by Gasteiger charge is -2.34. The summed E-state index contributed by atoms with van der Waals surface area (Å²) in [5.41, 5.74) is 2.19. The monoisotopic (exact) mass is 463 g/mol. The van der Waals surface area contributed by atoms with Crippen molar-refractivity contribution in [2.75, 3.05) is 63.8 Å². The van der Waals surface area contributed by atoms with Gasteiger partial charge in [-0.1, -0.05) is 30.3 Å². The molecule has 0 bridgehead atoms. The predicted octanol–water partition coefficient (Wildman–Crippen LogP) is 3.56. The molecule has 1 aromatic heterocycles. The Hall–Kier alpha value is -3.10. The van der Waals surface area contributed by atoms with Crippen LogP contribution in [0, 0.1) is 0 Å². The van der Waals surface area contributed by atoms with Gasteiger partial charge in [-0.3, -0.25) is 4.90 Å². The van der Waals surface area contributed by atoms with Gasteiger partial charge in [-0.2, -0.15) is 4.98 Å². The topological polar surface area (TPSA) is 72.0 Å². The molecule has 0 amide bonds. The SMILES string of the molecule is COc1cc2nc(N3CCOCC3)nc(NC3CCCN(Cc4ccccc4)C3)c2cc1OC. The molecule has 0 saturated carbocycles. The second-order valence-corrected chi connectivity index (χ2v) is 8.90. The molecular formula is C26H33N5O3. The predicted molar refractivity (Wildman–Crippen MR) is 134 cm³/mol. The summed E-state index contributed by atoms with van der Waals surface area (Å²) in [4.78, 5) is 14.6. The zero-order valence-electron chi connectivity index (χ0n) is 20.0. The number of methoxy groups -OCH3 is 2. The summed E-state index contributed by atoms with van der Waals surface area (Å²) in [6.45, 7) is 6.00. The maximum Gasteiger partial charge on any atom is 0.228 e. The molecular weight excluding hydrogens is 430 g/mol. The maximum atomic E-state index is 5.58. The van der Waals surface area contributed by atoms with Gasteiger partial charge >= 0.3 is 0 Å². The van der Waals surface area contributed by atoms with Crippen molar-refractivity contribution in [3.05, 3.63) is 48.0 Å². The number of hydrogen-bond donors (Lipinski definition) is 1. The van der Waals surface area contributed by atoms with Crippen molar-refractivity contribution in [2.45, 2.75) is 25.4 Å². The normalized spacial score (nSPS) is 19.2.